The molecule has 3 N–H and O–H groups in total. The van der Waals surface area contributed by atoms with Crippen molar-refractivity contribution in [2.75, 3.05) is 5.32 Å². The topological polar surface area (TPSA) is 139 Å². The number of rotatable bonds is 19. The minimum atomic E-state index is -5.34. The van der Waals surface area contributed by atoms with Crippen LogP contribution in [0.15, 0.2) is 18.2 Å². The molecule has 0 fully saturated rings. The van der Waals surface area contributed by atoms with Crippen LogP contribution in [0.25, 0.3) is 0 Å². The second kappa shape index (κ2) is 18.2. The van der Waals surface area contributed by atoms with Crippen molar-refractivity contribution in [2.45, 2.75) is 117 Å². The molecule has 1 aromatic carbocycles. The van der Waals surface area contributed by atoms with Crippen molar-refractivity contribution in [3.8, 4) is 5.75 Å². The molecule has 0 radical (unpaired) electrons. The fourth-order valence-corrected chi connectivity index (χ4v) is 6.67. The van der Waals surface area contributed by atoms with Crippen molar-refractivity contribution in [1.29, 1.82) is 0 Å². The molecule has 1 rings (SSSR count). The number of carbonyl (C=O) groups excluding carboxylic acids is 3. The van der Waals surface area contributed by atoms with Crippen molar-refractivity contribution in [3.63, 3.8) is 0 Å². The summed E-state index contributed by atoms with van der Waals surface area (Å²) in [6.45, 7) is 4.64. The number of esters is 2. The number of unbranched alkanes of at least 4 members (excludes halogenated alkanes) is 12. The minimum absolute atomic E-state index is 0.0860. The van der Waals surface area contributed by atoms with Gasteiger partial charge in [0.2, 0.25) is 0 Å². The molecule has 2 unspecified atom stereocenters. The van der Waals surface area contributed by atoms with E-state index in [2.05, 4.69) is 12.2 Å². The van der Waals surface area contributed by atoms with Gasteiger partial charge in [-0.2, -0.15) is 0 Å². The van der Waals surface area contributed by atoms with Crippen molar-refractivity contribution in [1.82, 2.24) is 0 Å². The van der Waals surface area contributed by atoms with Crippen molar-refractivity contribution >= 4 is 42.1 Å². The van der Waals surface area contributed by atoms with Gasteiger partial charge in [-0.05, 0) is 0 Å². The van der Waals surface area contributed by atoms with E-state index in [1.165, 1.54) is 71.6 Å². The normalized spacial score (nSPS) is 13.5. The van der Waals surface area contributed by atoms with E-state index in [4.69, 9.17) is 8.46 Å². The number of benzene rings is 1. The van der Waals surface area contributed by atoms with Crippen LogP contribution in [0.5, 0.6) is 5.75 Å². The average Bonchev–Trinajstić information content (AvgIpc) is 2.81. The Morgan fingerprint density at radius 2 is 1.43 bits per heavy atom. The molecule has 0 saturated carbocycles. The molecule has 0 bridgehead atoms. The standard InChI is InChI=1S/C27H44AsNO8/c1-4-5-6-7-8-9-10-11-12-13-14-15-16-17-26(32)36-27(33)21(2)37-28(34,35)24-19-18-23(31)20-25(24)29-22(3)30/h18-21,31H,4-17H2,1-3H3,(H,29,30)(H,34,35). The van der Waals surface area contributed by atoms with Gasteiger partial charge in [0.15, 0.2) is 0 Å². The molecule has 0 heterocycles. The van der Waals surface area contributed by atoms with Gasteiger partial charge in [-0.1, -0.05) is 51.9 Å². The number of hydrogen-bond donors (Lipinski definition) is 3. The van der Waals surface area contributed by atoms with E-state index in [0.29, 0.717) is 6.42 Å². The number of carbonyl (C=O) groups is 3. The molecule has 9 nitrogen and oxygen atoms in total. The molecule has 0 spiro atoms. The zero-order valence-electron chi connectivity index (χ0n) is 22.5. The molecular weight excluding hydrogens is 541 g/mol. The third kappa shape index (κ3) is 14.4. The van der Waals surface area contributed by atoms with Gasteiger partial charge in [0.25, 0.3) is 0 Å². The molecule has 0 aliphatic heterocycles. The van der Waals surface area contributed by atoms with E-state index >= 15 is 0 Å². The number of phenolic OH excluding ortho intramolecular Hbond substituents is 1. The van der Waals surface area contributed by atoms with Gasteiger partial charge in [-0.3, -0.25) is 0 Å². The molecule has 1 aromatic rings. The van der Waals surface area contributed by atoms with Gasteiger partial charge >= 0.3 is 172 Å². The van der Waals surface area contributed by atoms with Crippen molar-refractivity contribution in [2.24, 2.45) is 0 Å². The predicted molar refractivity (Wildman–Crippen MR) is 143 cm³/mol. The Balaban J connectivity index is 2.29. The van der Waals surface area contributed by atoms with Gasteiger partial charge in [0.05, 0.1) is 0 Å². The van der Waals surface area contributed by atoms with E-state index in [1.54, 1.807) is 0 Å². The Bertz CT molecular complexity index is 904. The first-order valence-corrected chi connectivity index (χ1v) is 16.7. The third-order valence-corrected chi connectivity index (χ3v) is 9.29. The first-order valence-electron chi connectivity index (χ1n) is 13.4. The maximum atomic E-state index is 12.8. The Hall–Kier alpha value is -2.09. The summed E-state index contributed by atoms with van der Waals surface area (Å²) in [4.78, 5) is 35.6. The number of hydrogen-bond acceptors (Lipinski definition) is 7. The summed E-state index contributed by atoms with van der Waals surface area (Å²) in [5.41, 5.74) is -0.100. The van der Waals surface area contributed by atoms with Gasteiger partial charge < -0.3 is 0 Å². The second-order valence-electron chi connectivity index (χ2n) is 9.44. The Morgan fingerprint density at radius 1 is 0.919 bits per heavy atom. The summed E-state index contributed by atoms with van der Waals surface area (Å²) in [6.07, 6.45) is 13.9. The molecule has 0 saturated heterocycles. The summed E-state index contributed by atoms with van der Waals surface area (Å²) >= 11 is -5.34. The van der Waals surface area contributed by atoms with Crippen LogP contribution in [-0.4, -0.2) is 47.3 Å². The zero-order chi connectivity index (χ0) is 27.7. The summed E-state index contributed by atoms with van der Waals surface area (Å²) < 4.78 is 32.9. The first kappa shape index (κ1) is 32.9. The summed E-state index contributed by atoms with van der Waals surface area (Å²) in [6, 6.07) is 3.40. The van der Waals surface area contributed by atoms with Gasteiger partial charge in [0, 0.05) is 0 Å². The molecular formula is C27H44AsNO8. The molecule has 0 aliphatic rings. The van der Waals surface area contributed by atoms with Gasteiger partial charge in [0.1, 0.15) is 0 Å². The summed E-state index contributed by atoms with van der Waals surface area (Å²) in [5, 5.41) is 12.0. The quantitative estimate of drug-likeness (QED) is 0.0904. The van der Waals surface area contributed by atoms with Crippen LogP contribution in [0, 0.1) is 0 Å². The number of phenols is 1. The molecule has 210 valence electrons. The van der Waals surface area contributed by atoms with Crippen LogP contribution < -0.4 is 9.67 Å². The predicted octanol–water partition coefficient (Wildman–Crippen LogP) is 4.88. The van der Waals surface area contributed by atoms with Crippen LogP contribution in [0.3, 0.4) is 0 Å². The van der Waals surface area contributed by atoms with Gasteiger partial charge in [-0.15, -0.1) is 0 Å². The zero-order valence-corrected chi connectivity index (χ0v) is 24.4. The second-order valence-corrected chi connectivity index (χ2v) is 13.1. The monoisotopic (exact) mass is 585 g/mol. The number of nitrogens with one attached hydrogen (secondary N) is 1. The third-order valence-electron chi connectivity index (χ3n) is 5.93. The van der Waals surface area contributed by atoms with Crippen LogP contribution in [-0.2, 0) is 26.6 Å². The van der Waals surface area contributed by atoms with E-state index in [1.807, 2.05) is 0 Å². The molecule has 10 heteroatoms. The van der Waals surface area contributed by atoms with Crippen LogP contribution in [0.1, 0.15) is 111 Å². The van der Waals surface area contributed by atoms with Crippen molar-refractivity contribution in [3.05, 3.63) is 18.2 Å². The SMILES string of the molecule is CCCCCCCCCCCCCCCC(=O)OC(=O)C(C)O[As](=O)(O)c1ccc(O)cc1NC(C)=O. The fraction of sp³-hybridized carbons (Fsp3) is 0.667. The molecule has 37 heavy (non-hydrogen) atoms. The summed E-state index contributed by atoms with van der Waals surface area (Å²) in [5.74, 6) is -2.51. The molecule has 0 aromatic heterocycles. The number of amides is 1. The first-order chi connectivity index (χ1) is 17.6. The van der Waals surface area contributed by atoms with E-state index < -0.39 is 38.1 Å². The maximum absolute atomic E-state index is 12.8. The Morgan fingerprint density at radius 3 is 1.95 bits per heavy atom. The number of anilines is 1. The molecule has 2 atom stereocenters. The fourth-order valence-electron chi connectivity index (χ4n) is 3.91. The van der Waals surface area contributed by atoms with Gasteiger partial charge in [-0.25, -0.2) is 0 Å². The number of aromatic hydroxyl groups is 1. The van der Waals surface area contributed by atoms with E-state index in [0.717, 1.165) is 37.5 Å². The summed E-state index contributed by atoms with van der Waals surface area (Å²) in [7, 11) is 0. The van der Waals surface area contributed by atoms with Crippen molar-refractivity contribution < 1.29 is 35.8 Å². The van der Waals surface area contributed by atoms with Crippen LogP contribution in [0.4, 0.5) is 5.69 Å². The molecule has 0 aliphatic carbocycles. The van der Waals surface area contributed by atoms with E-state index in [-0.39, 0.29) is 22.2 Å². The van der Waals surface area contributed by atoms with E-state index in [9.17, 15) is 27.3 Å². The Kier molecular flexibility index (Phi) is 16.2. The average molecular weight is 586 g/mol. The van der Waals surface area contributed by atoms with Crippen LogP contribution >= 0.6 is 0 Å². The Labute approximate surface area is 223 Å². The number of ether oxygens (including phenoxy) is 1. The molecule has 1 amide bonds. The van der Waals surface area contributed by atoms with Crippen LogP contribution in [0.2, 0.25) is 0 Å².